The van der Waals surface area contributed by atoms with Crippen LogP contribution in [0.1, 0.15) is 27.7 Å². The number of hydrogen-bond acceptors (Lipinski definition) is 4. The summed E-state index contributed by atoms with van der Waals surface area (Å²) in [7, 11) is 0. The van der Waals surface area contributed by atoms with E-state index >= 15 is 0 Å². The van der Waals surface area contributed by atoms with Crippen molar-refractivity contribution in [2.24, 2.45) is 0 Å². The zero-order chi connectivity index (χ0) is 12.6. The van der Waals surface area contributed by atoms with Gasteiger partial charge in [-0.1, -0.05) is 27.7 Å². The van der Waals surface area contributed by atoms with Crippen LogP contribution in [-0.4, -0.2) is 48.1 Å². The van der Waals surface area contributed by atoms with Crippen LogP contribution in [0.4, 0.5) is 0 Å². The molecule has 0 aromatic rings. The van der Waals surface area contributed by atoms with E-state index in [1.54, 1.807) is 0 Å². The van der Waals surface area contributed by atoms with Gasteiger partial charge in [-0.2, -0.15) is 10.5 Å². The van der Waals surface area contributed by atoms with Gasteiger partial charge in [0.2, 0.25) is 5.54 Å². The molecule has 0 saturated heterocycles. The van der Waals surface area contributed by atoms with Gasteiger partial charge in [-0.05, 0) is 26.2 Å². The van der Waals surface area contributed by atoms with Crippen LogP contribution in [0.25, 0.3) is 0 Å². The highest BCUT2D eigenvalue weighted by Crippen LogP contribution is 2.15. The van der Waals surface area contributed by atoms with Gasteiger partial charge >= 0.3 is 0 Å². The lowest BCUT2D eigenvalue weighted by atomic mass is 10.00. The maximum atomic E-state index is 9.31. The van der Waals surface area contributed by atoms with Crippen molar-refractivity contribution in [3.8, 4) is 12.1 Å². The van der Waals surface area contributed by atoms with E-state index in [-0.39, 0.29) is 0 Å². The molecule has 0 radical (unpaired) electrons. The van der Waals surface area contributed by atoms with Crippen molar-refractivity contribution in [1.29, 1.82) is 10.5 Å². The van der Waals surface area contributed by atoms with E-state index in [2.05, 4.69) is 17.0 Å². The summed E-state index contributed by atoms with van der Waals surface area (Å²) in [5, 5.41) is 18.6. The Morgan fingerprint density at radius 1 is 0.875 bits per heavy atom. The van der Waals surface area contributed by atoms with E-state index in [0.717, 1.165) is 26.2 Å². The van der Waals surface area contributed by atoms with Crippen LogP contribution >= 0.6 is 0 Å². The minimum atomic E-state index is -1.00. The molecule has 0 bridgehead atoms. The molecule has 4 nitrogen and oxygen atoms in total. The topological polar surface area (TPSA) is 54.1 Å². The number of rotatable bonds is 7. The standard InChI is InChI=1S/C12H22N4/c1-5-15(6-2)11-12(9-13,10-14)16(7-3)8-4/h5-8,11H2,1-4H3. The van der Waals surface area contributed by atoms with Gasteiger partial charge in [-0.25, -0.2) is 0 Å². The smallest absolute Gasteiger partial charge is 0.209 e. The summed E-state index contributed by atoms with van der Waals surface area (Å²) in [6.45, 7) is 11.7. The molecule has 0 heterocycles. The maximum absolute atomic E-state index is 9.31. The molecule has 0 rings (SSSR count). The summed E-state index contributed by atoms with van der Waals surface area (Å²) in [6, 6.07) is 4.38. The average Bonchev–Trinajstić information content (AvgIpc) is 2.35. The van der Waals surface area contributed by atoms with Gasteiger partial charge in [-0.15, -0.1) is 0 Å². The predicted molar refractivity (Wildman–Crippen MR) is 64.7 cm³/mol. The Labute approximate surface area is 99.1 Å². The highest BCUT2D eigenvalue weighted by molar-refractivity contribution is 5.23. The number of nitriles is 2. The van der Waals surface area contributed by atoms with E-state index in [1.165, 1.54) is 0 Å². The minimum Gasteiger partial charge on any atom is -0.300 e. The van der Waals surface area contributed by atoms with Crippen LogP contribution in [0.5, 0.6) is 0 Å². The molecule has 0 aromatic heterocycles. The van der Waals surface area contributed by atoms with E-state index in [0.29, 0.717) is 6.54 Å². The Kier molecular flexibility index (Phi) is 6.72. The van der Waals surface area contributed by atoms with Gasteiger partial charge in [0.05, 0.1) is 0 Å². The molecule has 0 atom stereocenters. The summed E-state index contributed by atoms with van der Waals surface area (Å²) >= 11 is 0. The average molecular weight is 222 g/mol. The Hall–Kier alpha value is -1.10. The van der Waals surface area contributed by atoms with Crippen LogP contribution < -0.4 is 0 Å². The van der Waals surface area contributed by atoms with Gasteiger partial charge in [0.1, 0.15) is 12.1 Å². The van der Waals surface area contributed by atoms with Crippen molar-refractivity contribution >= 4 is 0 Å². The van der Waals surface area contributed by atoms with Crippen LogP contribution in [0.3, 0.4) is 0 Å². The van der Waals surface area contributed by atoms with E-state index in [9.17, 15) is 10.5 Å². The molecule has 4 heteroatoms. The molecule has 0 amide bonds. The van der Waals surface area contributed by atoms with Crippen molar-refractivity contribution in [3.05, 3.63) is 0 Å². The second-order valence-corrected chi connectivity index (χ2v) is 3.72. The molecule has 16 heavy (non-hydrogen) atoms. The first kappa shape index (κ1) is 14.9. The Morgan fingerprint density at radius 2 is 1.31 bits per heavy atom. The second kappa shape index (κ2) is 7.22. The molecule has 0 saturated carbocycles. The molecular formula is C12H22N4. The third-order valence-corrected chi connectivity index (χ3v) is 3.02. The van der Waals surface area contributed by atoms with Crippen molar-refractivity contribution in [2.75, 3.05) is 32.7 Å². The molecule has 0 aliphatic heterocycles. The van der Waals surface area contributed by atoms with Crippen molar-refractivity contribution < 1.29 is 0 Å². The van der Waals surface area contributed by atoms with Crippen LogP contribution in [-0.2, 0) is 0 Å². The third kappa shape index (κ3) is 3.20. The maximum Gasteiger partial charge on any atom is 0.209 e. The van der Waals surface area contributed by atoms with Crippen LogP contribution in [0.15, 0.2) is 0 Å². The summed E-state index contributed by atoms with van der Waals surface area (Å²) < 4.78 is 0. The fourth-order valence-electron chi connectivity index (χ4n) is 1.87. The lowest BCUT2D eigenvalue weighted by molar-refractivity contribution is 0.142. The highest BCUT2D eigenvalue weighted by Gasteiger charge is 2.37. The number of nitrogens with zero attached hydrogens (tertiary/aromatic N) is 4. The second-order valence-electron chi connectivity index (χ2n) is 3.72. The molecule has 0 aliphatic carbocycles. The van der Waals surface area contributed by atoms with Gasteiger partial charge in [0, 0.05) is 6.54 Å². The summed E-state index contributed by atoms with van der Waals surface area (Å²) in [6.07, 6.45) is 0. The van der Waals surface area contributed by atoms with Crippen molar-refractivity contribution in [1.82, 2.24) is 9.80 Å². The predicted octanol–water partition coefficient (Wildman–Crippen LogP) is 1.46. The van der Waals surface area contributed by atoms with E-state index < -0.39 is 5.54 Å². The minimum absolute atomic E-state index is 0.495. The molecule has 0 spiro atoms. The first-order chi connectivity index (χ1) is 7.63. The van der Waals surface area contributed by atoms with E-state index in [1.807, 2.05) is 32.6 Å². The Bertz CT molecular complexity index is 252. The normalized spacial score (nSPS) is 11.5. The van der Waals surface area contributed by atoms with E-state index in [4.69, 9.17) is 0 Å². The first-order valence-corrected chi connectivity index (χ1v) is 5.93. The molecule has 0 aliphatic rings. The summed E-state index contributed by atoms with van der Waals surface area (Å²) in [5.41, 5.74) is -1.00. The monoisotopic (exact) mass is 222 g/mol. The third-order valence-electron chi connectivity index (χ3n) is 3.02. The number of likely N-dealkylation sites (N-methyl/N-ethyl adjacent to an activating group) is 2. The van der Waals surface area contributed by atoms with Crippen LogP contribution in [0.2, 0.25) is 0 Å². The van der Waals surface area contributed by atoms with Crippen molar-refractivity contribution in [2.45, 2.75) is 33.2 Å². The van der Waals surface area contributed by atoms with Crippen LogP contribution in [0, 0.1) is 22.7 Å². The molecule has 0 aromatic carbocycles. The summed E-state index contributed by atoms with van der Waals surface area (Å²) in [5.74, 6) is 0. The Balaban J connectivity index is 4.97. The first-order valence-electron chi connectivity index (χ1n) is 5.93. The molecule has 0 unspecified atom stereocenters. The molecule has 0 N–H and O–H groups in total. The highest BCUT2D eigenvalue weighted by atomic mass is 15.2. The lowest BCUT2D eigenvalue weighted by Gasteiger charge is -2.35. The quantitative estimate of drug-likeness (QED) is 0.654. The van der Waals surface area contributed by atoms with Gasteiger partial charge in [0.25, 0.3) is 0 Å². The zero-order valence-electron chi connectivity index (χ0n) is 10.8. The lowest BCUT2D eigenvalue weighted by Crippen LogP contribution is -2.54. The fourth-order valence-corrected chi connectivity index (χ4v) is 1.87. The molecule has 0 fully saturated rings. The zero-order valence-corrected chi connectivity index (χ0v) is 10.8. The van der Waals surface area contributed by atoms with Gasteiger partial charge in [-0.3, -0.25) is 9.80 Å². The molecule has 90 valence electrons. The SMILES string of the molecule is CCN(CC)CC(C#N)(C#N)N(CC)CC. The fraction of sp³-hybridized carbons (Fsp3) is 0.833. The molecular weight excluding hydrogens is 200 g/mol. The van der Waals surface area contributed by atoms with Gasteiger partial charge < -0.3 is 0 Å². The number of hydrogen-bond donors (Lipinski definition) is 0. The van der Waals surface area contributed by atoms with Gasteiger partial charge in [0.15, 0.2) is 0 Å². The Morgan fingerprint density at radius 3 is 1.56 bits per heavy atom. The van der Waals surface area contributed by atoms with Crippen molar-refractivity contribution in [3.63, 3.8) is 0 Å². The summed E-state index contributed by atoms with van der Waals surface area (Å²) in [4.78, 5) is 4.04. The largest absolute Gasteiger partial charge is 0.300 e.